The number of halogens is 1. The molecule has 1 unspecified atom stereocenters. The monoisotopic (exact) mass is 534 g/mol. The first-order valence-corrected chi connectivity index (χ1v) is 14.7. The molecule has 0 spiro atoms. The lowest BCUT2D eigenvalue weighted by Crippen LogP contribution is -2.38. The van der Waals surface area contributed by atoms with Crippen LogP contribution in [0.2, 0.25) is 0 Å². The van der Waals surface area contributed by atoms with E-state index in [9.17, 15) is 17.6 Å². The summed E-state index contributed by atoms with van der Waals surface area (Å²) in [4.78, 5) is 13.0. The van der Waals surface area contributed by atoms with Crippen molar-refractivity contribution in [3.63, 3.8) is 0 Å². The number of sulfonamides is 1. The van der Waals surface area contributed by atoms with Crippen LogP contribution in [0.3, 0.4) is 0 Å². The number of carbonyl (C=O) groups excluding carboxylic acids is 1. The van der Waals surface area contributed by atoms with Gasteiger partial charge in [-0.1, -0.05) is 77.1 Å². The number of hydrogen-bond acceptors (Lipinski definition) is 4. The standard InChI is InChI=1S/C31H35FN2O3S/c1-30(2,3)22-11-9-19(10-12-22)20-7-6-8-21(17-20)28-31(4,5)18-24-26(33-28)16-15-25(32)27(24)29(35)34-38(36,37)23-13-14-23/h6-12,15-17,23,28,33H,13-14,18H2,1-5H3,(H,34,35). The van der Waals surface area contributed by atoms with Crippen LogP contribution in [0.1, 0.15) is 80.6 Å². The van der Waals surface area contributed by atoms with Gasteiger partial charge in [0.1, 0.15) is 5.82 Å². The van der Waals surface area contributed by atoms with Crippen molar-refractivity contribution >= 4 is 21.6 Å². The topological polar surface area (TPSA) is 75.3 Å². The number of carbonyl (C=O) groups is 1. The van der Waals surface area contributed by atoms with Gasteiger partial charge in [0, 0.05) is 5.69 Å². The van der Waals surface area contributed by atoms with Crippen molar-refractivity contribution in [2.45, 2.75) is 70.6 Å². The third-order valence-electron chi connectivity index (χ3n) is 7.71. The quantitative estimate of drug-likeness (QED) is 0.380. The van der Waals surface area contributed by atoms with Gasteiger partial charge in [-0.15, -0.1) is 0 Å². The lowest BCUT2D eigenvalue weighted by molar-refractivity contribution is 0.0975. The van der Waals surface area contributed by atoms with Crippen LogP contribution in [-0.4, -0.2) is 19.6 Å². The molecule has 2 N–H and O–H groups in total. The number of fused-ring (bicyclic) bond motifs is 1. The van der Waals surface area contributed by atoms with Gasteiger partial charge in [-0.2, -0.15) is 0 Å². The molecule has 1 saturated carbocycles. The lowest BCUT2D eigenvalue weighted by Gasteiger charge is -2.42. The molecule has 2 aliphatic rings. The second kappa shape index (κ2) is 9.23. The molecule has 200 valence electrons. The highest BCUT2D eigenvalue weighted by Gasteiger charge is 2.41. The van der Waals surface area contributed by atoms with Crippen molar-refractivity contribution in [2.24, 2.45) is 5.41 Å². The second-order valence-electron chi connectivity index (χ2n) is 12.3. The molecular formula is C31H35FN2O3S. The van der Waals surface area contributed by atoms with Crippen LogP contribution < -0.4 is 10.0 Å². The Hall–Kier alpha value is -3.19. The maximum Gasteiger partial charge on any atom is 0.268 e. The van der Waals surface area contributed by atoms with E-state index < -0.39 is 27.0 Å². The van der Waals surface area contributed by atoms with E-state index in [-0.39, 0.29) is 22.4 Å². The molecule has 1 atom stereocenters. The van der Waals surface area contributed by atoms with Crippen LogP contribution in [0.4, 0.5) is 10.1 Å². The van der Waals surface area contributed by atoms with Gasteiger partial charge in [0.05, 0.1) is 16.9 Å². The van der Waals surface area contributed by atoms with Crippen LogP contribution in [0.25, 0.3) is 11.1 Å². The normalized spacial score (nSPS) is 18.8. The molecule has 3 aromatic rings. The molecule has 0 saturated heterocycles. The average molecular weight is 535 g/mol. The van der Waals surface area contributed by atoms with Gasteiger partial charge < -0.3 is 5.32 Å². The van der Waals surface area contributed by atoms with Gasteiger partial charge >= 0.3 is 0 Å². The predicted octanol–water partition coefficient (Wildman–Crippen LogP) is 6.75. The highest BCUT2D eigenvalue weighted by molar-refractivity contribution is 7.91. The van der Waals surface area contributed by atoms with Crippen LogP contribution in [0, 0.1) is 11.2 Å². The number of benzene rings is 3. The molecule has 1 fully saturated rings. The molecule has 38 heavy (non-hydrogen) atoms. The summed E-state index contributed by atoms with van der Waals surface area (Å²) in [6, 6.07) is 19.8. The van der Waals surface area contributed by atoms with E-state index >= 15 is 0 Å². The Morgan fingerprint density at radius 3 is 2.32 bits per heavy atom. The molecule has 5 nitrogen and oxygen atoms in total. The molecule has 1 aliphatic carbocycles. The van der Waals surface area contributed by atoms with Crippen molar-refractivity contribution < 1.29 is 17.6 Å². The molecule has 7 heteroatoms. The van der Waals surface area contributed by atoms with Gasteiger partial charge in [-0.05, 0) is 76.1 Å². The van der Waals surface area contributed by atoms with E-state index in [2.05, 4.69) is 87.1 Å². The molecule has 0 bridgehead atoms. The van der Waals surface area contributed by atoms with E-state index in [0.29, 0.717) is 30.5 Å². The van der Waals surface area contributed by atoms with Crippen molar-refractivity contribution in [3.8, 4) is 11.1 Å². The summed E-state index contributed by atoms with van der Waals surface area (Å²) >= 11 is 0. The first-order chi connectivity index (χ1) is 17.8. The fourth-order valence-electron chi connectivity index (χ4n) is 5.33. The van der Waals surface area contributed by atoms with E-state index in [4.69, 9.17) is 0 Å². The molecule has 1 heterocycles. The molecule has 3 aromatic carbocycles. The van der Waals surface area contributed by atoms with Crippen molar-refractivity contribution in [1.82, 2.24) is 4.72 Å². The zero-order valence-electron chi connectivity index (χ0n) is 22.6. The van der Waals surface area contributed by atoms with Crippen LogP contribution in [0.5, 0.6) is 0 Å². The zero-order chi connectivity index (χ0) is 27.5. The Bertz CT molecular complexity index is 1500. The summed E-state index contributed by atoms with van der Waals surface area (Å²) in [5.41, 5.74) is 5.25. The highest BCUT2D eigenvalue weighted by atomic mass is 32.2. The minimum Gasteiger partial charge on any atom is -0.377 e. The van der Waals surface area contributed by atoms with Gasteiger partial charge in [0.25, 0.3) is 5.91 Å². The average Bonchev–Trinajstić information content (AvgIpc) is 3.69. The molecule has 1 aliphatic heterocycles. The maximum absolute atomic E-state index is 15.0. The Balaban J connectivity index is 1.46. The SMILES string of the molecule is CC(C)(C)c1ccc(-c2cccc(C3Nc4ccc(F)c(C(=O)NS(=O)(=O)C5CC5)c4CC3(C)C)c2)cc1. The molecule has 1 amide bonds. The third kappa shape index (κ3) is 5.08. The molecule has 5 rings (SSSR count). The fraction of sp³-hybridized carbons (Fsp3) is 0.387. The summed E-state index contributed by atoms with van der Waals surface area (Å²) in [7, 11) is -3.79. The summed E-state index contributed by atoms with van der Waals surface area (Å²) < 4.78 is 41.8. The van der Waals surface area contributed by atoms with Gasteiger partial charge in [-0.3, -0.25) is 4.79 Å². The minimum atomic E-state index is -3.79. The van der Waals surface area contributed by atoms with Crippen molar-refractivity contribution in [2.75, 3.05) is 5.32 Å². The van der Waals surface area contributed by atoms with E-state index in [0.717, 1.165) is 16.7 Å². The fourth-order valence-corrected chi connectivity index (χ4v) is 6.61. The summed E-state index contributed by atoms with van der Waals surface area (Å²) in [6.45, 7) is 10.7. The van der Waals surface area contributed by atoms with Crippen LogP contribution in [0.15, 0.2) is 60.7 Å². The maximum atomic E-state index is 15.0. The Morgan fingerprint density at radius 2 is 1.68 bits per heavy atom. The molecule has 0 radical (unpaired) electrons. The second-order valence-corrected chi connectivity index (χ2v) is 14.3. The van der Waals surface area contributed by atoms with E-state index in [1.165, 1.54) is 11.6 Å². The first kappa shape index (κ1) is 26.4. The third-order valence-corrected chi connectivity index (χ3v) is 9.52. The van der Waals surface area contributed by atoms with E-state index in [1.807, 2.05) is 6.07 Å². The number of hydrogen-bond donors (Lipinski definition) is 2. The number of amides is 1. The Labute approximate surface area is 224 Å². The summed E-state index contributed by atoms with van der Waals surface area (Å²) in [5.74, 6) is -1.62. The lowest BCUT2D eigenvalue weighted by atomic mass is 9.71. The van der Waals surface area contributed by atoms with Crippen molar-refractivity contribution in [3.05, 3.63) is 88.7 Å². The zero-order valence-corrected chi connectivity index (χ0v) is 23.4. The van der Waals surface area contributed by atoms with Gasteiger partial charge in [0.15, 0.2) is 0 Å². The number of rotatable bonds is 5. The minimum absolute atomic E-state index is 0.0845. The predicted molar refractivity (Wildman–Crippen MR) is 150 cm³/mol. The summed E-state index contributed by atoms with van der Waals surface area (Å²) in [6.07, 6.45) is 1.45. The summed E-state index contributed by atoms with van der Waals surface area (Å²) in [5, 5.41) is 2.97. The van der Waals surface area contributed by atoms with Gasteiger partial charge in [0.2, 0.25) is 10.0 Å². The molecule has 0 aromatic heterocycles. The van der Waals surface area contributed by atoms with Crippen LogP contribution >= 0.6 is 0 Å². The number of nitrogens with one attached hydrogen (secondary N) is 2. The highest BCUT2D eigenvalue weighted by Crippen LogP contribution is 2.46. The van der Waals surface area contributed by atoms with Crippen LogP contribution in [-0.2, 0) is 21.9 Å². The van der Waals surface area contributed by atoms with E-state index in [1.54, 1.807) is 6.07 Å². The smallest absolute Gasteiger partial charge is 0.268 e. The largest absolute Gasteiger partial charge is 0.377 e. The van der Waals surface area contributed by atoms with Gasteiger partial charge in [-0.25, -0.2) is 17.5 Å². The Kier molecular flexibility index (Phi) is 6.41. The molecular weight excluding hydrogens is 499 g/mol. The first-order valence-electron chi connectivity index (χ1n) is 13.1. The Morgan fingerprint density at radius 1 is 1.00 bits per heavy atom. The number of anilines is 1. The van der Waals surface area contributed by atoms with Crippen molar-refractivity contribution in [1.29, 1.82) is 0 Å².